The molecular formula is C14H13ClN4. The summed E-state index contributed by atoms with van der Waals surface area (Å²) in [6.07, 6.45) is 1.68. The molecule has 0 aliphatic heterocycles. The molecule has 2 rings (SSSR count). The van der Waals surface area contributed by atoms with Crippen molar-refractivity contribution in [3.63, 3.8) is 0 Å². The molecule has 0 saturated carbocycles. The van der Waals surface area contributed by atoms with E-state index in [4.69, 9.17) is 11.6 Å². The van der Waals surface area contributed by atoms with Crippen LogP contribution in [0.1, 0.15) is 5.56 Å². The fourth-order valence-corrected chi connectivity index (χ4v) is 1.83. The average molecular weight is 273 g/mol. The summed E-state index contributed by atoms with van der Waals surface area (Å²) in [4.78, 5) is 6.10. The molecule has 0 radical (unpaired) electrons. The molecule has 0 amide bonds. The minimum atomic E-state index is 0.516. The summed E-state index contributed by atoms with van der Waals surface area (Å²) in [6.45, 7) is 0. The van der Waals surface area contributed by atoms with Gasteiger partial charge >= 0.3 is 0 Å². The molecule has 4 nitrogen and oxygen atoms in total. The van der Waals surface area contributed by atoms with Gasteiger partial charge in [-0.3, -0.25) is 0 Å². The zero-order valence-electron chi connectivity index (χ0n) is 10.7. The highest BCUT2D eigenvalue weighted by Gasteiger charge is 2.11. The van der Waals surface area contributed by atoms with E-state index in [9.17, 15) is 5.26 Å². The van der Waals surface area contributed by atoms with Gasteiger partial charge in [0.25, 0.3) is 0 Å². The lowest BCUT2D eigenvalue weighted by atomic mass is 10.2. The molecule has 0 atom stereocenters. The van der Waals surface area contributed by atoms with E-state index in [0.717, 1.165) is 11.4 Å². The second-order valence-electron chi connectivity index (χ2n) is 4.19. The fraction of sp³-hybridized carbons (Fsp3) is 0.143. The molecule has 5 heteroatoms. The lowest BCUT2D eigenvalue weighted by Crippen LogP contribution is -2.12. The van der Waals surface area contributed by atoms with Gasteiger partial charge in [-0.05, 0) is 30.3 Å². The van der Waals surface area contributed by atoms with E-state index in [0.29, 0.717) is 16.4 Å². The van der Waals surface area contributed by atoms with Gasteiger partial charge in [-0.2, -0.15) is 5.26 Å². The standard InChI is InChI=1S/C14H13ClN4/c1-19(2)13-7-8-17-14(12(13)9-16)18-11-5-3-10(15)4-6-11/h3-8H,1-2H3,(H,17,18). The fourth-order valence-electron chi connectivity index (χ4n) is 1.70. The van der Waals surface area contributed by atoms with Crippen LogP contribution in [0.2, 0.25) is 5.02 Å². The Morgan fingerprint density at radius 3 is 2.47 bits per heavy atom. The van der Waals surface area contributed by atoms with Crippen molar-refractivity contribution in [2.24, 2.45) is 0 Å². The van der Waals surface area contributed by atoms with Gasteiger partial charge in [-0.15, -0.1) is 0 Å². The van der Waals surface area contributed by atoms with E-state index < -0.39 is 0 Å². The van der Waals surface area contributed by atoms with Crippen molar-refractivity contribution in [1.29, 1.82) is 5.26 Å². The molecule has 0 aliphatic rings. The first-order chi connectivity index (χ1) is 9.11. The molecular weight excluding hydrogens is 260 g/mol. The van der Waals surface area contributed by atoms with Crippen molar-refractivity contribution < 1.29 is 0 Å². The molecule has 2 aromatic rings. The van der Waals surface area contributed by atoms with Crippen LogP contribution in [0.4, 0.5) is 17.2 Å². The zero-order chi connectivity index (χ0) is 13.8. The van der Waals surface area contributed by atoms with Crippen LogP contribution < -0.4 is 10.2 Å². The number of nitrogens with one attached hydrogen (secondary N) is 1. The normalized spacial score (nSPS) is 9.79. The van der Waals surface area contributed by atoms with Gasteiger partial charge in [-0.1, -0.05) is 11.6 Å². The number of nitrogens with zero attached hydrogens (tertiary/aromatic N) is 3. The molecule has 0 fully saturated rings. The highest BCUT2D eigenvalue weighted by molar-refractivity contribution is 6.30. The highest BCUT2D eigenvalue weighted by atomic mass is 35.5. The molecule has 0 bridgehead atoms. The van der Waals surface area contributed by atoms with E-state index in [-0.39, 0.29) is 0 Å². The van der Waals surface area contributed by atoms with Crippen LogP contribution in [0.25, 0.3) is 0 Å². The minimum Gasteiger partial charge on any atom is -0.376 e. The number of nitriles is 1. The molecule has 0 unspecified atom stereocenters. The van der Waals surface area contributed by atoms with Gasteiger partial charge in [0.15, 0.2) is 0 Å². The number of hydrogen-bond acceptors (Lipinski definition) is 4. The Bertz CT molecular complexity index is 614. The summed E-state index contributed by atoms with van der Waals surface area (Å²) in [5.41, 5.74) is 2.18. The Balaban J connectivity index is 2.38. The van der Waals surface area contributed by atoms with Crippen LogP contribution in [0, 0.1) is 11.3 Å². The van der Waals surface area contributed by atoms with E-state index >= 15 is 0 Å². The first-order valence-electron chi connectivity index (χ1n) is 5.71. The number of halogens is 1. The third-order valence-corrected chi connectivity index (χ3v) is 2.88. The average Bonchev–Trinajstić information content (AvgIpc) is 2.41. The van der Waals surface area contributed by atoms with Crippen molar-refractivity contribution in [1.82, 2.24) is 4.98 Å². The number of anilines is 3. The predicted octanol–water partition coefficient (Wildman–Crippen LogP) is 3.42. The maximum absolute atomic E-state index is 9.29. The topological polar surface area (TPSA) is 52.0 Å². The van der Waals surface area contributed by atoms with Crippen LogP contribution in [-0.2, 0) is 0 Å². The van der Waals surface area contributed by atoms with Crippen molar-refractivity contribution in [3.05, 3.63) is 47.1 Å². The minimum absolute atomic E-state index is 0.516. The van der Waals surface area contributed by atoms with Gasteiger partial charge in [0, 0.05) is 31.0 Å². The molecule has 0 aliphatic carbocycles. The van der Waals surface area contributed by atoms with Crippen LogP contribution in [0.3, 0.4) is 0 Å². The highest BCUT2D eigenvalue weighted by Crippen LogP contribution is 2.26. The molecule has 0 saturated heterocycles. The lowest BCUT2D eigenvalue weighted by molar-refractivity contribution is 1.11. The van der Waals surface area contributed by atoms with E-state index in [1.54, 1.807) is 18.3 Å². The van der Waals surface area contributed by atoms with Gasteiger partial charge in [0.2, 0.25) is 0 Å². The Kier molecular flexibility index (Phi) is 3.88. The second-order valence-corrected chi connectivity index (χ2v) is 4.63. The molecule has 96 valence electrons. The number of rotatable bonds is 3. The third kappa shape index (κ3) is 2.95. The Morgan fingerprint density at radius 1 is 1.21 bits per heavy atom. The number of hydrogen-bond donors (Lipinski definition) is 1. The number of aromatic nitrogens is 1. The van der Waals surface area contributed by atoms with Crippen molar-refractivity contribution in [3.8, 4) is 6.07 Å². The monoisotopic (exact) mass is 272 g/mol. The maximum Gasteiger partial charge on any atom is 0.150 e. The summed E-state index contributed by atoms with van der Waals surface area (Å²) < 4.78 is 0. The van der Waals surface area contributed by atoms with Crippen LogP contribution >= 0.6 is 11.6 Å². The zero-order valence-corrected chi connectivity index (χ0v) is 11.4. The van der Waals surface area contributed by atoms with Crippen LogP contribution in [0.15, 0.2) is 36.5 Å². The van der Waals surface area contributed by atoms with Gasteiger partial charge in [-0.25, -0.2) is 4.98 Å². The molecule has 0 spiro atoms. The van der Waals surface area contributed by atoms with E-state index in [1.165, 1.54) is 0 Å². The van der Waals surface area contributed by atoms with Crippen molar-refractivity contribution in [2.75, 3.05) is 24.3 Å². The van der Waals surface area contributed by atoms with Crippen LogP contribution in [0.5, 0.6) is 0 Å². The summed E-state index contributed by atoms with van der Waals surface area (Å²) in [5.74, 6) is 0.538. The molecule has 19 heavy (non-hydrogen) atoms. The first kappa shape index (κ1) is 13.2. The summed E-state index contributed by atoms with van der Waals surface area (Å²) >= 11 is 5.84. The summed E-state index contributed by atoms with van der Waals surface area (Å²) in [7, 11) is 3.78. The quantitative estimate of drug-likeness (QED) is 0.930. The van der Waals surface area contributed by atoms with E-state index in [2.05, 4.69) is 16.4 Å². The smallest absolute Gasteiger partial charge is 0.150 e. The summed E-state index contributed by atoms with van der Waals surface area (Å²) in [6, 6.07) is 11.2. The Labute approximate surface area is 117 Å². The van der Waals surface area contributed by atoms with Crippen LogP contribution in [-0.4, -0.2) is 19.1 Å². The van der Waals surface area contributed by atoms with Gasteiger partial charge in [0.05, 0.1) is 5.69 Å². The maximum atomic E-state index is 9.29. The molecule has 1 aromatic heterocycles. The molecule has 1 aromatic carbocycles. The molecule has 1 N–H and O–H groups in total. The Morgan fingerprint density at radius 2 is 1.89 bits per heavy atom. The van der Waals surface area contributed by atoms with Gasteiger partial charge < -0.3 is 10.2 Å². The predicted molar refractivity (Wildman–Crippen MR) is 78.0 cm³/mol. The Hall–Kier alpha value is -2.25. The van der Waals surface area contributed by atoms with Gasteiger partial charge in [0.1, 0.15) is 17.5 Å². The number of pyridine rings is 1. The van der Waals surface area contributed by atoms with Crippen molar-refractivity contribution >= 4 is 28.8 Å². The summed E-state index contributed by atoms with van der Waals surface area (Å²) in [5, 5.41) is 13.1. The van der Waals surface area contributed by atoms with Crippen molar-refractivity contribution in [2.45, 2.75) is 0 Å². The first-order valence-corrected chi connectivity index (χ1v) is 6.08. The largest absolute Gasteiger partial charge is 0.376 e. The second kappa shape index (κ2) is 5.59. The lowest BCUT2D eigenvalue weighted by Gasteiger charge is -2.16. The van der Waals surface area contributed by atoms with E-state index in [1.807, 2.05) is 37.2 Å². The third-order valence-electron chi connectivity index (χ3n) is 2.63. The molecule has 1 heterocycles. The number of benzene rings is 1. The SMILES string of the molecule is CN(C)c1ccnc(Nc2ccc(Cl)cc2)c1C#N.